The fourth-order valence-electron chi connectivity index (χ4n) is 3.49. The number of carbonyl (C=O) groups is 2. The van der Waals surface area contributed by atoms with E-state index in [1.807, 2.05) is 0 Å². The van der Waals surface area contributed by atoms with Crippen LogP contribution in [0.4, 0.5) is 10.1 Å². The zero-order valence-electron chi connectivity index (χ0n) is 15.9. The molecule has 30 heavy (non-hydrogen) atoms. The Kier molecular flexibility index (Phi) is 5.02. The topological polar surface area (TPSA) is 79.7 Å². The van der Waals surface area contributed by atoms with E-state index in [1.165, 1.54) is 42.5 Å². The number of Topliss-reactive ketones (excluding diaryl/α,β-unsaturated/α-hetero) is 1. The molecule has 0 radical (unpaired) electrons. The normalized spacial score (nSPS) is 17.9. The predicted molar refractivity (Wildman–Crippen MR) is 108 cm³/mol. The van der Waals surface area contributed by atoms with Crippen LogP contribution in [-0.4, -0.2) is 28.9 Å². The van der Waals surface area contributed by atoms with Crippen LogP contribution in [0, 0.1) is 5.82 Å². The first-order valence-electron chi connectivity index (χ1n) is 9.14. The standard InChI is InChI=1S/C23H17FN2O4/c1-30-18-8-3-2-7-17(18)26-20(16-6-4-5-13-25-16)19(22(28)23(26)29)21(27)14-9-11-15(24)12-10-14/h2-13,20,27H,1H3/b21-19-. The van der Waals surface area contributed by atoms with Crippen molar-refractivity contribution in [2.24, 2.45) is 0 Å². The zero-order valence-corrected chi connectivity index (χ0v) is 15.9. The molecule has 7 heteroatoms. The Labute approximate surface area is 171 Å². The predicted octanol–water partition coefficient (Wildman–Crippen LogP) is 3.86. The van der Waals surface area contributed by atoms with E-state index in [-0.39, 0.29) is 11.1 Å². The van der Waals surface area contributed by atoms with E-state index in [0.717, 1.165) is 0 Å². The van der Waals surface area contributed by atoms with Crippen LogP contribution in [0.25, 0.3) is 5.76 Å². The Morgan fingerprint density at radius 1 is 1.03 bits per heavy atom. The lowest BCUT2D eigenvalue weighted by Gasteiger charge is -2.25. The first-order chi connectivity index (χ1) is 14.5. The van der Waals surface area contributed by atoms with E-state index >= 15 is 0 Å². The Balaban J connectivity index is 1.96. The summed E-state index contributed by atoms with van der Waals surface area (Å²) in [5.41, 5.74) is 0.855. The number of aliphatic hydroxyl groups is 1. The summed E-state index contributed by atoms with van der Waals surface area (Å²) in [4.78, 5) is 31.6. The van der Waals surface area contributed by atoms with Gasteiger partial charge in [0.1, 0.15) is 23.4 Å². The number of amides is 1. The van der Waals surface area contributed by atoms with Crippen LogP contribution < -0.4 is 9.64 Å². The van der Waals surface area contributed by atoms with Crippen molar-refractivity contribution in [1.29, 1.82) is 0 Å². The second kappa shape index (κ2) is 7.79. The molecule has 1 aliphatic rings. The summed E-state index contributed by atoms with van der Waals surface area (Å²) in [5, 5.41) is 10.9. The number of methoxy groups -OCH3 is 1. The molecule has 150 valence electrons. The Morgan fingerprint density at radius 3 is 2.40 bits per heavy atom. The molecule has 3 aromatic rings. The number of ether oxygens (including phenoxy) is 1. The lowest BCUT2D eigenvalue weighted by molar-refractivity contribution is -0.132. The first kappa shape index (κ1) is 19.3. The number of nitrogens with zero attached hydrogens (tertiary/aromatic N) is 2. The fraction of sp³-hybridized carbons (Fsp3) is 0.0870. The van der Waals surface area contributed by atoms with Gasteiger partial charge in [-0.3, -0.25) is 19.5 Å². The Morgan fingerprint density at radius 2 is 1.73 bits per heavy atom. The second-order valence-corrected chi connectivity index (χ2v) is 6.60. The average Bonchev–Trinajstić information content (AvgIpc) is 3.05. The summed E-state index contributed by atoms with van der Waals surface area (Å²) in [6.07, 6.45) is 1.54. The lowest BCUT2D eigenvalue weighted by atomic mass is 9.98. The van der Waals surface area contributed by atoms with Gasteiger partial charge in [-0.15, -0.1) is 0 Å². The molecule has 1 saturated heterocycles. The molecular formula is C23H17FN2O4. The molecule has 0 saturated carbocycles. The van der Waals surface area contributed by atoms with Crippen LogP contribution in [0.2, 0.25) is 0 Å². The number of benzene rings is 2. The number of anilines is 1. The number of aromatic nitrogens is 1. The number of hydrogen-bond donors (Lipinski definition) is 1. The molecule has 1 N–H and O–H groups in total. The molecule has 1 unspecified atom stereocenters. The van der Waals surface area contributed by atoms with Crippen molar-refractivity contribution < 1.29 is 23.8 Å². The van der Waals surface area contributed by atoms with Crippen molar-refractivity contribution in [1.82, 2.24) is 4.98 Å². The van der Waals surface area contributed by atoms with Crippen LogP contribution in [0.3, 0.4) is 0 Å². The molecule has 1 aromatic heterocycles. The van der Waals surface area contributed by atoms with Gasteiger partial charge in [0.2, 0.25) is 0 Å². The lowest BCUT2D eigenvalue weighted by Crippen LogP contribution is -2.30. The SMILES string of the molecule is COc1ccccc1N1C(=O)C(=O)/C(=C(\O)c2ccc(F)cc2)C1c1ccccn1. The van der Waals surface area contributed by atoms with Gasteiger partial charge in [0.15, 0.2) is 0 Å². The molecule has 1 amide bonds. The Bertz CT molecular complexity index is 1140. The molecule has 0 aliphatic carbocycles. The maximum Gasteiger partial charge on any atom is 0.300 e. The fourth-order valence-corrected chi connectivity index (χ4v) is 3.49. The van der Waals surface area contributed by atoms with Gasteiger partial charge in [-0.2, -0.15) is 0 Å². The van der Waals surface area contributed by atoms with E-state index < -0.39 is 29.3 Å². The summed E-state index contributed by atoms with van der Waals surface area (Å²) >= 11 is 0. The summed E-state index contributed by atoms with van der Waals surface area (Å²) in [6, 6.07) is 15.9. The Hall–Kier alpha value is -4.00. The molecule has 2 heterocycles. The third-order valence-electron chi connectivity index (χ3n) is 4.87. The van der Waals surface area contributed by atoms with Crippen molar-refractivity contribution in [3.8, 4) is 5.75 Å². The van der Waals surface area contributed by atoms with E-state index in [0.29, 0.717) is 17.1 Å². The van der Waals surface area contributed by atoms with Crippen LogP contribution in [0.1, 0.15) is 17.3 Å². The highest BCUT2D eigenvalue weighted by atomic mass is 19.1. The minimum atomic E-state index is -0.979. The van der Waals surface area contributed by atoms with Crippen molar-refractivity contribution >= 4 is 23.1 Å². The number of rotatable bonds is 4. The smallest absolute Gasteiger partial charge is 0.300 e. The van der Waals surface area contributed by atoms with Gasteiger partial charge < -0.3 is 9.84 Å². The zero-order chi connectivity index (χ0) is 21.3. The molecule has 1 aliphatic heterocycles. The first-order valence-corrected chi connectivity index (χ1v) is 9.14. The van der Waals surface area contributed by atoms with Crippen molar-refractivity contribution in [2.75, 3.05) is 12.0 Å². The quantitative estimate of drug-likeness (QED) is 0.406. The molecule has 1 fully saturated rings. The third-order valence-corrected chi connectivity index (χ3v) is 4.87. The highest BCUT2D eigenvalue weighted by Crippen LogP contribution is 2.44. The monoisotopic (exact) mass is 404 g/mol. The number of pyridine rings is 1. The summed E-state index contributed by atoms with van der Waals surface area (Å²) < 4.78 is 18.7. The van der Waals surface area contributed by atoms with Crippen LogP contribution >= 0.6 is 0 Å². The van der Waals surface area contributed by atoms with Crippen molar-refractivity contribution in [2.45, 2.75) is 6.04 Å². The van der Waals surface area contributed by atoms with Gasteiger partial charge in [-0.05, 0) is 48.5 Å². The van der Waals surface area contributed by atoms with Gasteiger partial charge in [-0.1, -0.05) is 18.2 Å². The van der Waals surface area contributed by atoms with Gasteiger partial charge in [0, 0.05) is 11.8 Å². The minimum absolute atomic E-state index is 0.129. The number of aliphatic hydroxyl groups excluding tert-OH is 1. The average molecular weight is 404 g/mol. The maximum absolute atomic E-state index is 13.3. The number of ketones is 1. The second-order valence-electron chi connectivity index (χ2n) is 6.60. The van der Waals surface area contributed by atoms with Gasteiger partial charge in [-0.25, -0.2) is 4.39 Å². The van der Waals surface area contributed by atoms with Crippen LogP contribution in [0.15, 0.2) is 78.5 Å². The highest BCUT2D eigenvalue weighted by molar-refractivity contribution is 6.51. The molecule has 4 rings (SSSR count). The van der Waals surface area contributed by atoms with Gasteiger partial charge >= 0.3 is 0 Å². The van der Waals surface area contributed by atoms with Crippen LogP contribution in [0.5, 0.6) is 5.75 Å². The molecule has 0 spiro atoms. The molecule has 6 nitrogen and oxygen atoms in total. The van der Waals surface area contributed by atoms with E-state index in [2.05, 4.69) is 4.98 Å². The number of halogens is 1. The van der Waals surface area contributed by atoms with E-state index in [4.69, 9.17) is 4.74 Å². The van der Waals surface area contributed by atoms with Crippen molar-refractivity contribution in [3.63, 3.8) is 0 Å². The van der Waals surface area contributed by atoms with Gasteiger partial charge in [0.25, 0.3) is 11.7 Å². The molecule has 1 atom stereocenters. The van der Waals surface area contributed by atoms with Crippen LogP contribution in [-0.2, 0) is 9.59 Å². The maximum atomic E-state index is 13.3. The minimum Gasteiger partial charge on any atom is -0.507 e. The molecular weight excluding hydrogens is 387 g/mol. The number of carbonyl (C=O) groups excluding carboxylic acids is 2. The largest absolute Gasteiger partial charge is 0.507 e. The van der Waals surface area contributed by atoms with E-state index in [9.17, 15) is 19.1 Å². The summed E-state index contributed by atoms with van der Waals surface area (Å²) in [7, 11) is 1.46. The van der Waals surface area contributed by atoms with Gasteiger partial charge in [0.05, 0.1) is 24.1 Å². The number of para-hydroxylation sites is 2. The van der Waals surface area contributed by atoms with E-state index in [1.54, 1.807) is 42.5 Å². The molecule has 2 aromatic carbocycles. The summed E-state index contributed by atoms with van der Waals surface area (Å²) in [6.45, 7) is 0. The van der Waals surface area contributed by atoms with Crippen molar-refractivity contribution in [3.05, 3.63) is 95.6 Å². The highest BCUT2D eigenvalue weighted by Gasteiger charge is 2.48. The number of hydrogen-bond acceptors (Lipinski definition) is 5. The summed E-state index contributed by atoms with van der Waals surface area (Å²) in [5.74, 6) is -2.18. The third kappa shape index (κ3) is 3.20. The molecule has 0 bridgehead atoms.